The minimum atomic E-state index is 0.0271. The molecule has 1 aromatic heterocycles. The third kappa shape index (κ3) is 3.37. The Morgan fingerprint density at radius 3 is 2.80 bits per heavy atom. The lowest BCUT2D eigenvalue weighted by atomic mass is 9.94. The van der Waals surface area contributed by atoms with Gasteiger partial charge in [-0.25, -0.2) is 5.10 Å². The molecule has 1 saturated carbocycles. The average molecular weight is 443 g/mol. The molecule has 10 heteroatoms. The van der Waals surface area contributed by atoms with Crippen molar-refractivity contribution in [2.24, 2.45) is 4.99 Å². The highest BCUT2D eigenvalue weighted by Crippen LogP contribution is 2.51. The molecule has 1 aliphatic carbocycles. The maximum atomic E-state index is 13.6. The summed E-state index contributed by atoms with van der Waals surface area (Å²) in [5.74, 6) is 1.24. The number of hydrogen-bond donors (Lipinski definition) is 1. The van der Waals surface area contributed by atoms with Crippen molar-refractivity contribution in [2.45, 2.75) is 43.0 Å². The van der Waals surface area contributed by atoms with E-state index < -0.39 is 0 Å². The molecular weight excluding hydrogens is 420 g/mol. The summed E-state index contributed by atoms with van der Waals surface area (Å²) in [4.78, 5) is 28.1. The first-order chi connectivity index (χ1) is 14.7. The third-order valence-corrected chi connectivity index (χ3v) is 8.00. The number of amides is 1. The number of nitrogens with one attached hydrogen (secondary N) is 1. The van der Waals surface area contributed by atoms with Crippen LogP contribution in [0.5, 0.6) is 5.75 Å². The minimum absolute atomic E-state index is 0.0271. The number of benzene rings is 1. The van der Waals surface area contributed by atoms with Crippen LogP contribution >= 0.6 is 23.5 Å². The smallest absolute Gasteiger partial charge is 0.269 e. The van der Waals surface area contributed by atoms with E-state index in [0.717, 1.165) is 47.0 Å². The molecule has 5 rings (SSSR count). The van der Waals surface area contributed by atoms with E-state index in [0.29, 0.717) is 16.0 Å². The molecule has 30 heavy (non-hydrogen) atoms. The number of aromatic nitrogens is 3. The molecule has 2 aliphatic heterocycles. The largest absolute Gasteiger partial charge is 0.497 e. The Kier molecular flexibility index (Phi) is 5.20. The molecule has 1 saturated heterocycles. The second-order valence-corrected chi connectivity index (χ2v) is 9.41. The van der Waals surface area contributed by atoms with Crippen molar-refractivity contribution in [3.63, 3.8) is 0 Å². The molecule has 2 fully saturated rings. The third-order valence-electron chi connectivity index (χ3n) is 5.59. The fraction of sp³-hybridized carbons (Fsp3) is 0.400. The molecule has 0 spiro atoms. The van der Waals surface area contributed by atoms with E-state index in [1.807, 2.05) is 30.1 Å². The van der Waals surface area contributed by atoms with Crippen LogP contribution in [-0.2, 0) is 4.79 Å². The average Bonchev–Trinajstić information content (AvgIpc) is 3.47. The quantitative estimate of drug-likeness (QED) is 0.716. The van der Waals surface area contributed by atoms with Crippen molar-refractivity contribution in [3.8, 4) is 5.75 Å². The summed E-state index contributed by atoms with van der Waals surface area (Å²) in [7, 11) is 3.65. The van der Waals surface area contributed by atoms with Crippen LogP contribution in [0.25, 0.3) is 0 Å². The van der Waals surface area contributed by atoms with Gasteiger partial charge in [-0.1, -0.05) is 31.0 Å². The molecule has 0 radical (unpaired) electrons. The Morgan fingerprint density at radius 1 is 1.23 bits per heavy atom. The van der Waals surface area contributed by atoms with Gasteiger partial charge in [-0.05, 0) is 36.7 Å². The lowest BCUT2D eigenvalue weighted by Gasteiger charge is -2.30. The van der Waals surface area contributed by atoms with E-state index in [9.17, 15) is 4.79 Å². The number of fused-ring (bicyclic) bond motifs is 1. The maximum absolute atomic E-state index is 13.6. The van der Waals surface area contributed by atoms with Crippen molar-refractivity contribution in [3.05, 3.63) is 34.5 Å². The number of ether oxygens (including phenoxy) is 1. The van der Waals surface area contributed by atoms with Gasteiger partial charge in [0.05, 0.1) is 17.8 Å². The summed E-state index contributed by atoms with van der Waals surface area (Å²) < 4.78 is 5.37. The van der Waals surface area contributed by atoms with Crippen LogP contribution in [-0.4, -0.2) is 51.4 Å². The Hall–Kier alpha value is -2.46. The van der Waals surface area contributed by atoms with Crippen molar-refractivity contribution < 1.29 is 9.53 Å². The molecule has 2 aromatic rings. The highest BCUT2D eigenvalue weighted by atomic mass is 32.2. The zero-order chi connectivity index (χ0) is 20.7. The number of H-pyrrole nitrogens is 1. The van der Waals surface area contributed by atoms with E-state index in [1.54, 1.807) is 18.9 Å². The summed E-state index contributed by atoms with van der Waals surface area (Å²) in [5, 5.41) is 8.26. The second-order valence-electron chi connectivity index (χ2n) is 7.40. The lowest BCUT2D eigenvalue weighted by Crippen LogP contribution is -2.40. The van der Waals surface area contributed by atoms with Crippen LogP contribution in [0.4, 0.5) is 11.6 Å². The minimum Gasteiger partial charge on any atom is -0.497 e. The lowest BCUT2D eigenvalue weighted by molar-refractivity contribution is -0.124. The standard InChI is InChI=1S/C20H22N6O2S2/c1-25-14-10-13(28-2)8-9-15(14)29-18(25)16-17(27)26(12-6-4-3-5-7-12)20(30-16)23-19-21-11-22-24-19/h8-12H,3-7H2,1-2H3,(H,21,22,24)/b18-16-,23-20?. The van der Waals surface area contributed by atoms with Gasteiger partial charge in [0.15, 0.2) is 5.17 Å². The van der Waals surface area contributed by atoms with Crippen LogP contribution in [0.2, 0.25) is 0 Å². The molecule has 3 aliphatic rings. The van der Waals surface area contributed by atoms with E-state index in [1.165, 1.54) is 24.5 Å². The summed E-state index contributed by atoms with van der Waals surface area (Å²) in [5.41, 5.74) is 1.04. The van der Waals surface area contributed by atoms with Crippen LogP contribution in [0.1, 0.15) is 32.1 Å². The Balaban J connectivity index is 1.54. The molecule has 156 valence electrons. The van der Waals surface area contributed by atoms with E-state index in [4.69, 9.17) is 4.74 Å². The molecule has 0 bridgehead atoms. The number of amidine groups is 1. The highest BCUT2D eigenvalue weighted by molar-refractivity contribution is 8.19. The second kappa shape index (κ2) is 7.99. The summed E-state index contributed by atoms with van der Waals surface area (Å²) in [6.07, 6.45) is 6.94. The van der Waals surface area contributed by atoms with Gasteiger partial charge in [-0.2, -0.15) is 15.1 Å². The predicted molar refractivity (Wildman–Crippen MR) is 119 cm³/mol. The molecule has 0 unspecified atom stereocenters. The van der Waals surface area contributed by atoms with Crippen LogP contribution in [0, 0.1) is 0 Å². The van der Waals surface area contributed by atoms with Gasteiger partial charge >= 0.3 is 0 Å². The number of thioether (sulfide) groups is 2. The van der Waals surface area contributed by atoms with Crippen molar-refractivity contribution >= 4 is 46.2 Å². The molecule has 8 nitrogen and oxygen atoms in total. The SMILES string of the molecule is COc1ccc2c(c1)N(C)/C(=C1/SC(=Nc3ncn[nH]3)N(C3CCCCC3)C1=O)S2. The maximum Gasteiger partial charge on any atom is 0.269 e. The summed E-state index contributed by atoms with van der Waals surface area (Å²) >= 11 is 3.04. The van der Waals surface area contributed by atoms with Crippen LogP contribution < -0.4 is 9.64 Å². The van der Waals surface area contributed by atoms with E-state index >= 15 is 0 Å². The molecule has 1 amide bonds. The van der Waals surface area contributed by atoms with Gasteiger partial charge in [-0.15, -0.1) is 0 Å². The first-order valence-electron chi connectivity index (χ1n) is 9.95. The number of carbonyl (C=O) groups is 1. The fourth-order valence-corrected chi connectivity index (χ4v) is 6.42. The molecule has 3 heterocycles. The number of aromatic amines is 1. The topological polar surface area (TPSA) is 86.7 Å². The first kappa shape index (κ1) is 19.5. The van der Waals surface area contributed by atoms with E-state index in [-0.39, 0.29) is 11.9 Å². The monoisotopic (exact) mass is 442 g/mol. The molecule has 1 N–H and O–H groups in total. The van der Waals surface area contributed by atoms with Gasteiger partial charge in [0.25, 0.3) is 5.91 Å². The summed E-state index contributed by atoms with van der Waals surface area (Å²) in [6.45, 7) is 0. The number of rotatable bonds is 3. The molecular formula is C20H22N6O2S2. The number of anilines is 1. The van der Waals surface area contributed by atoms with E-state index in [2.05, 4.69) is 25.1 Å². The van der Waals surface area contributed by atoms with Gasteiger partial charge in [0, 0.05) is 24.1 Å². The molecule has 0 atom stereocenters. The number of methoxy groups -OCH3 is 1. The van der Waals surface area contributed by atoms with Crippen molar-refractivity contribution in [2.75, 3.05) is 19.1 Å². The van der Waals surface area contributed by atoms with Gasteiger partial charge < -0.3 is 9.64 Å². The Morgan fingerprint density at radius 2 is 2.07 bits per heavy atom. The highest BCUT2D eigenvalue weighted by Gasteiger charge is 2.42. The van der Waals surface area contributed by atoms with Gasteiger partial charge in [0.2, 0.25) is 5.95 Å². The number of nitrogens with zero attached hydrogens (tertiary/aromatic N) is 5. The fourth-order valence-electron chi connectivity index (χ4n) is 4.05. The first-order valence-corrected chi connectivity index (χ1v) is 11.6. The van der Waals surface area contributed by atoms with Crippen LogP contribution in [0.15, 0.2) is 44.3 Å². The predicted octanol–water partition coefficient (Wildman–Crippen LogP) is 4.12. The summed E-state index contributed by atoms with van der Waals surface area (Å²) in [6, 6.07) is 6.16. The number of aliphatic imine (C=N–C) groups is 1. The number of carbonyl (C=O) groups excluding carboxylic acids is 1. The Labute approximate surface area is 183 Å². The van der Waals surface area contributed by atoms with Gasteiger partial charge in [-0.3, -0.25) is 9.69 Å². The van der Waals surface area contributed by atoms with Crippen molar-refractivity contribution in [1.29, 1.82) is 0 Å². The zero-order valence-corrected chi connectivity index (χ0v) is 18.4. The Bertz CT molecular complexity index is 1030. The van der Waals surface area contributed by atoms with Gasteiger partial charge in [0.1, 0.15) is 17.0 Å². The van der Waals surface area contributed by atoms with Crippen LogP contribution in [0.3, 0.4) is 0 Å². The van der Waals surface area contributed by atoms with Crippen molar-refractivity contribution in [1.82, 2.24) is 20.1 Å². The number of hydrogen-bond acceptors (Lipinski definition) is 8. The zero-order valence-electron chi connectivity index (χ0n) is 16.8. The molecule has 1 aromatic carbocycles. The normalized spacial score (nSPS) is 23.5.